The van der Waals surface area contributed by atoms with Crippen molar-refractivity contribution < 1.29 is 4.39 Å². The topological polar surface area (TPSA) is 102 Å². The van der Waals surface area contributed by atoms with Gasteiger partial charge in [-0.3, -0.25) is 4.79 Å². The lowest BCUT2D eigenvalue weighted by Crippen LogP contribution is -2.53. The van der Waals surface area contributed by atoms with Crippen LogP contribution in [0.15, 0.2) is 66.2 Å². The van der Waals surface area contributed by atoms with Gasteiger partial charge in [0.25, 0.3) is 5.56 Å². The highest BCUT2D eigenvalue weighted by Gasteiger charge is 2.34. The van der Waals surface area contributed by atoms with Crippen LogP contribution in [0.2, 0.25) is 0 Å². The second-order valence-electron chi connectivity index (χ2n) is 11.5. The monoisotopic (exact) mass is 582 g/mol. The van der Waals surface area contributed by atoms with Crippen LogP contribution in [-0.2, 0) is 13.1 Å². The molecular formula is C31H35FN10O. The predicted molar refractivity (Wildman–Crippen MR) is 166 cm³/mol. The molecule has 0 saturated carbocycles. The Kier molecular flexibility index (Phi) is 7.13. The summed E-state index contributed by atoms with van der Waals surface area (Å²) in [7, 11) is 0. The van der Waals surface area contributed by atoms with Gasteiger partial charge in [-0.15, -0.1) is 6.58 Å². The van der Waals surface area contributed by atoms with Crippen LogP contribution in [-0.4, -0.2) is 78.4 Å². The number of nitrogens with one attached hydrogen (secondary N) is 1. The normalized spacial score (nSPS) is 18.9. The third-order valence-corrected chi connectivity index (χ3v) is 8.51. The molecule has 2 aliphatic heterocycles. The van der Waals surface area contributed by atoms with E-state index < -0.39 is 0 Å². The number of hydrogen-bond acceptors (Lipinski definition) is 8. The minimum absolute atomic E-state index is 0.212. The van der Waals surface area contributed by atoms with Crippen LogP contribution in [0.25, 0.3) is 27.9 Å². The summed E-state index contributed by atoms with van der Waals surface area (Å²) in [6, 6.07) is 12.1. The number of halogens is 1. The molecule has 2 unspecified atom stereocenters. The SMILES string of the molecule is C=CCn1c(=O)c2cnc(Nc3ccc(N4CC5CC(CN(CCF)C5)C4)cc3)nc2n1-c1ccc2cnn(CC)c2n1. The van der Waals surface area contributed by atoms with E-state index in [-0.39, 0.29) is 18.8 Å². The van der Waals surface area contributed by atoms with E-state index in [2.05, 4.69) is 43.9 Å². The number of fused-ring (bicyclic) bond motifs is 4. The van der Waals surface area contributed by atoms with Gasteiger partial charge in [-0.2, -0.15) is 10.1 Å². The highest BCUT2D eigenvalue weighted by Crippen LogP contribution is 2.32. The fraction of sp³-hybridized carbons (Fsp3) is 0.387. The highest BCUT2D eigenvalue weighted by molar-refractivity contribution is 5.79. The lowest BCUT2D eigenvalue weighted by molar-refractivity contribution is 0.103. The van der Waals surface area contributed by atoms with Gasteiger partial charge >= 0.3 is 0 Å². The Hall–Kier alpha value is -4.58. The molecular weight excluding hydrogens is 547 g/mol. The quantitative estimate of drug-likeness (QED) is 0.260. The zero-order chi connectivity index (χ0) is 29.5. The molecule has 4 aromatic heterocycles. The molecule has 0 spiro atoms. The van der Waals surface area contributed by atoms with Crippen molar-refractivity contribution in [3.05, 3.63) is 71.8 Å². The van der Waals surface area contributed by atoms with Gasteiger partial charge in [0.05, 0.1) is 12.7 Å². The van der Waals surface area contributed by atoms with Crippen molar-refractivity contribution >= 4 is 39.4 Å². The van der Waals surface area contributed by atoms with Gasteiger partial charge in [0, 0.05) is 62.2 Å². The largest absolute Gasteiger partial charge is 0.371 e. The maximum absolute atomic E-state index is 13.4. The Morgan fingerprint density at radius 2 is 1.81 bits per heavy atom. The summed E-state index contributed by atoms with van der Waals surface area (Å²) in [6.45, 7) is 11.0. The molecule has 2 saturated heterocycles. The fourth-order valence-electron chi connectivity index (χ4n) is 6.69. The third kappa shape index (κ3) is 5.05. The Bertz CT molecular complexity index is 1830. The molecule has 2 bridgehead atoms. The van der Waals surface area contributed by atoms with E-state index >= 15 is 0 Å². The summed E-state index contributed by atoms with van der Waals surface area (Å²) in [5.41, 5.74) is 3.01. The molecule has 0 radical (unpaired) electrons. The summed E-state index contributed by atoms with van der Waals surface area (Å²) in [5.74, 6) is 2.08. The third-order valence-electron chi connectivity index (χ3n) is 8.51. The zero-order valence-electron chi connectivity index (χ0n) is 24.2. The van der Waals surface area contributed by atoms with Crippen LogP contribution >= 0.6 is 0 Å². The number of aromatic nitrogens is 7. The number of likely N-dealkylation sites (tertiary alicyclic amines) is 1. The van der Waals surface area contributed by atoms with Crippen LogP contribution in [0.5, 0.6) is 0 Å². The van der Waals surface area contributed by atoms with E-state index in [0.717, 1.165) is 42.9 Å². The van der Waals surface area contributed by atoms with Crippen LogP contribution in [0, 0.1) is 11.8 Å². The number of nitrogens with zero attached hydrogens (tertiary/aromatic N) is 9. The molecule has 0 aliphatic carbocycles. The predicted octanol–water partition coefficient (Wildman–Crippen LogP) is 4.00. The summed E-state index contributed by atoms with van der Waals surface area (Å²) in [5, 5.41) is 9.03. The lowest BCUT2D eigenvalue weighted by Gasteiger charge is -2.46. The van der Waals surface area contributed by atoms with Gasteiger partial charge in [0.2, 0.25) is 5.95 Å². The first-order valence-corrected chi connectivity index (χ1v) is 14.9. The van der Waals surface area contributed by atoms with Gasteiger partial charge < -0.3 is 15.1 Å². The summed E-state index contributed by atoms with van der Waals surface area (Å²) >= 11 is 0. The van der Waals surface area contributed by atoms with Gasteiger partial charge in [-0.25, -0.2) is 28.4 Å². The van der Waals surface area contributed by atoms with Gasteiger partial charge in [0.15, 0.2) is 17.1 Å². The number of pyridine rings is 1. The number of allylic oxidation sites excluding steroid dienone is 1. The minimum Gasteiger partial charge on any atom is -0.371 e. The number of rotatable bonds is 9. The molecule has 2 fully saturated rings. The first kappa shape index (κ1) is 27.3. The van der Waals surface area contributed by atoms with Crippen LogP contribution < -0.4 is 15.8 Å². The van der Waals surface area contributed by atoms with Crippen molar-refractivity contribution in [1.29, 1.82) is 0 Å². The number of piperidine rings is 2. The summed E-state index contributed by atoms with van der Waals surface area (Å²) in [4.78, 5) is 32.2. The minimum atomic E-state index is -0.273. The van der Waals surface area contributed by atoms with Crippen LogP contribution in [0.4, 0.5) is 21.7 Å². The maximum Gasteiger partial charge on any atom is 0.278 e. The zero-order valence-corrected chi connectivity index (χ0v) is 24.2. The van der Waals surface area contributed by atoms with E-state index in [1.165, 1.54) is 12.1 Å². The van der Waals surface area contributed by atoms with Crippen molar-refractivity contribution in [2.24, 2.45) is 11.8 Å². The Balaban J connectivity index is 1.16. The van der Waals surface area contributed by atoms with Crippen molar-refractivity contribution in [3.8, 4) is 5.82 Å². The molecule has 7 rings (SSSR count). The second-order valence-corrected chi connectivity index (χ2v) is 11.5. The number of hydrogen-bond donors (Lipinski definition) is 1. The molecule has 43 heavy (non-hydrogen) atoms. The summed E-state index contributed by atoms with van der Waals surface area (Å²) in [6.07, 6.45) is 6.25. The Labute approximate surface area is 248 Å². The van der Waals surface area contributed by atoms with Crippen molar-refractivity contribution in [3.63, 3.8) is 0 Å². The van der Waals surface area contributed by atoms with Crippen LogP contribution in [0.1, 0.15) is 13.3 Å². The van der Waals surface area contributed by atoms with E-state index in [1.807, 2.05) is 35.9 Å². The standard InChI is InChI=1S/C31H35FN10O/c1-3-12-41-30(43)26-16-33-31(37-29(26)42(41)27-10-5-23-15-34-40(4-2)28(23)36-27)35-24-6-8-25(9-7-24)39-19-21-14-22(20-39)18-38(17-21)13-11-32/h3,5-10,15-16,21-22H,1,4,11-14,17-20H2,2H3,(H,33,35,37). The van der Waals surface area contributed by atoms with Gasteiger partial charge in [-0.05, 0) is 61.6 Å². The number of alkyl halides is 1. The average molecular weight is 583 g/mol. The molecule has 11 nitrogen and oxygen atoms in total. The molecule has 6 heterocycles. The number of anilines is 3. The van der Waals surface area contributed by atoms with Crippen molar-refractivity contribution in [2.75, 3.05) is 49.6 Å². The molecule has 222 valence electrons. The number of benzene rings is 1. The molecule has 0 amide bonds. The maximum atomic E-state index is 13.4. The summed E-state index contributed by atoms with van der Waals surface area (Å²) < 4.78 is 18.0. The fourth-order valence-corrected chi connectivity index (χ4v) is 6.69. The highest BCUT2D eigenvalue weighted by atomic mass is 19.1. The van der Waals surface area contributed by atoms with E-state index in [1.54, 1.807) is 27.8 Å². The Morgan fingerprint density at radius 3 is 2.53 bits per heavy atom. The van der Waals surface area contributed by atoms with E-state index in [4.69, 9.17) is 9.97 Å². The first-order valence-electron chi connectivity index (χ1n) is 14.9. The second kappa shape index (κ2) is 11.3. The van der Waals surface area contributed by atoms with Gasteiger partial charge in [0.1, 0.15) is 12.1 Å². The average Bonchev–Trinajstić information content (AvgIpc) is 3.55. The van der Waals surface area contributed by atoms with E-state index in [9.17, 15) is 9.18 Å². The molecule has 2 atom stereocenters. The molecule has 1 N–H and O–H groups in total. The van der Waals surface area contributed by atoms with Crippen molar-refractivity contribution in [2.45, 2.75) is 26.4 Å². The smallest absolute Gasteiger partial charge is 0.278 e. The first-order chi connectivity index (χ1) is 21.0. The van der Waals surface area contributed by atoms with Gasteiger partial charge in [-0.1, -0.05) is 6.08 Å². The number of aryl methyl sites for hydroxylation is 1. The molecule has 2 aliphatic rings. The molecule has 12 heteroatoms. The Morgan fingerprint density at radius 1 is 1.02 bits per heavy atom. The van der Waals surface area contributed by atoms with E-state index in [0.29, 0.717) is 47.7 Å². The van der Waals surface area contributed by atoms with Crippen LogP contribution in [0.3, 0.4) is 0 Å². The molecule has 5 aromatic rings. The molecule has 1 aromatic carbocycles. The lowest BCUT2D eigenvalue weighted by atomic mass is 9.84. The van der Waals surface area contributed by atoms with Crippen molar-refractivity contribution in [1.82, 2.24) is 39.0 Å².